The molecule has 0 aliphatic rings. The second-order valence-electron chi connectivity index (χ2n) is 6.97. The Hall–Kier alpha value is -3.15. The maximum absolute atomic E-state index is 13.7. The van der Waals surface area contributed by atoms with Crippen LogP contribution in [0.1, 0.15) is 34.1 Å². The highest BCUT2D eigenvalue weighted by Gasteiger charge is 2.21. The van der Waals surface area contributed by atoms with Crippen molar-refractivity contribution in [2.75, 3.05) is 6.61 Å². The van der Waals surface area contributed by atoms with Crippen LogP contribution in [-0.4, -0.2) is 22.1 Å². The van der Waals surface area contributed by atoms with Crippen LogP contribution in [0.2, 0.25) is 0 Å². The number of hydrogen-bond donors (Lipinski definition) is 1. The second-order valence-corrected chi connectivity index (χ2v) is 6.97. The minimum Gasteiger partial charge on any atom is -0.483 e. The molecule has 1 heterocycles. The van der Waals surface area contributed by atoms with Gasteiger partial charge in [0.05, 0.1) is 0 Å². The monoisotopic (exact) mass is 381 g/mol. The van der Waals surface area contributed by atoms with E-state index in [-0.39, 0.29) is 18.3 Å². The van der Waals surface area contributed by atoms with Gasteiger partial charge in [-0.1, -0.05) is 29.8 Å². The lowest BCUT2D eigenvalue weighted by Gasteiger charge is -2.20. The third kappa shape index (κ3) is 4.39. The molecule has 0 saturated carbocycles. The van der Waals surface area contributed by atoms with E-state index in [0.29, 0.717) is 17.1 Å². The van der Waals surface area contributed by atoms with E-state index in [4.69, 9.17) is 4.74 Å². The Bertz CT molecular complexity index is 974. The fraction of sp³-hybridized carbons (Fsp3) is 0.273. The normalized spacial score (nSPS) is 11.9. The van der Waals surface area contributed by atoms with Gasteiger partial charge in [-0.25, -0.2) is 9.37 Å². The number of halogens is 1. The van der Waals surface area contributed by atoms with E-state index >= 15 is 0 Å². The summed E-state index contributed by atoms with van der Waals surface area (Å²) in [4.78, 5) is 16.9. The summed E-state index contributed by atoms with van der Waals surface area (Å²) in [6, 6.07) is 9.60. The minimum atomic E-state index is -0.577. The number of benzene rings is 2. The summed E-state index contributed by atoms with van der Waals surface area (Å²) in [7, 11) is 1.83. The SMILES string of the molecule is Cc1cc(C)c(OCC(=O)NC(c2cccc(F)c2)c2nccn2C)c(C)c1. The number of carbonyl (C=O) groups is 1. The van der Waals surface area contributed by atoms with Crippen molar-refractivity contribution in [1.29, 1.82) is 0 Å². The first kappa shape index (κ1) is 19.6. The molecule has 2 aromatic carbocycles. The van der Waals surface area contributed by atoms with Crippen molar-refractivity contribution in [3.8, 4) is 5.75 Å². The first-order chi connectivity index (χ1) is 13.3. The molecular formula is C22H24FN3O2. The molecule has 0 aliphatic heterocycles. The molecule has 5 nitrogen and oxygen atoms in total. The van der Waals surface area contributed by atoms with Crippen molar-refractivity contribution < 1.29 is 13.9 Å². The van der Waals surface area contributed by atoms with Crippen molar-refractivity contribution >= 4 is 5.91 Å². The van der Waals surface area contributed by atoms with Crippen LogP contribution in [0, 0.1) is 26.6 Å². The predicted octanol–water partition coefficient (Wildman–Crippen LogP) is 3.77. The Morgan fingerprint density at radius 1 is 1.21 bits per heavy atom. The summed E-state index contributed by atoms with van der Waals surface area (Å²) < 4.78 is 21.3. The molecule has 3 rings (SSSR count). The fourth-order valence-electron chi connectivity index (χ4n) is 3.37. The van der Waals surface area contributed by atoms with Crippen molar-refractivity contribution in [3.05, 3.63) is 82.7 Å². The average Bonchev–Trinajstić information content (AvgIpc) is 3.04. The molecule has 0 saturated heterocycles. The second kappa shape index (κ2) is 8.25. The van der Waals surface area contributed by atoms with Gasteiger partial charge < -0.3 is 14.6 Å². The van der Waals surface area contributed by atoms with Crippen molar-refractivity contribution in [2.24, 2.45) is 7.05 Å². The van der Waals surface area contributed by atoms with E-state index in [2.05, 4.69) is 10.3 Å². The molecule has 1 N–H and O–H groups in total. The number of nitrogens with one attached hydrogen (secondary N) is 1. The minimum absolute atomic E-state index is 0.138. The van der Waals surface area contributed by atoms with Crippen LogP contribution in [0.15, 0.2) is 48.8 Å². The third-order valence-corrected chi connectivity index (χ3v) is 4.56. The zero-order valence-electron chi connectivity index (χ0n) is 16.5. The third-order valence-electron chi connectivity index (χ3n) is 4.56. The average molecular weight is 381 g/mol. The largest absolute Gasteiger partial charge is 0.483 e. The fourth-order valence-corrected chi connectivity index (χ4v) is 3.37. The summed E-state index contributed by atoms with van der Waals surface area (Å²) in [5, 5.41) is 2.91. The number of rotatable bonds is 6. The van der Waals surface area contributed by atoms with Gasteiger partial charge in [0.15, 0.2) is 6.61 Å². The van der Waals surface area contributed by atoms with Gasteiger partial charge in [-0.2, -0.15) is 0 Å². The predicted molar refractivity (Wildman–Crippen MR) is 106 cm³/mol. The molecule has 1 aromatic heterocycles. The van der Waals surface area contributed by atoms with Gasteiger partial charge in [0.1, 0.15) is 23.4 Å². The molecule has 0 radical (unpaired) electrons. The summed E-state index contributed by atoms with van der Waals surface area (Å²) >= 11 is 0. The Morgan fingerprint density at radius 3 is 2.54 bits per heavy atom. The van der Waals surface area contributed by atoms with Crippen molar-refractivity contribution in [1.82, 2.24) is 14.9 Å². The van der Waals surface area contributed by atoms with E-state index < -0.39 is 6.04 Å². The van der Waals surface area contributed by atoms with Crippen LogP contribution in [0.3, 0.4) is 0 Å². The molecule has 6 heteroatoms. The number of aromatic nitrogens is 2. The summed E-state index contributed by atoms with van der Waals surface area (Å²) in [5.41, 5.74) is 3.73. The zero-order valence-corrected chi connectivity index (χ0v) is 16.5. The Balaban J connectivity index is 1.78. The van der Waals surface area contributed by atoms with E-state index in [9.17, 15) is 9.18 Å². The lowest BCUT2D eigenvalue weighted by atomic mass is 10.1. The molecule has 0 fully saturated rings. The summed E-state index contributed by atoms with van der Waals surface area (Å²) in [6.07, 6.45) is 3.42. The van der Waals surface area contributed by atoms with E-state index in [1.54, 1.807) is 29.1 Å². The molecule has 28 heavy (non-hydrogen) atoms. The zero-order chi connectivity index (χ0) is 20.3. The smallest absolute Gasteiger partial charge is 0.258 e. The lowest BCUT2D eigenvalue weighted by Crippen LogP contribution is -2.34. The van der Waals surface area contributed by atoms with Gasteiger partial charge in [0, 0.05) is 19.4 Å². The highest BCUT2D eigenvalue weighted by molar-refractivity contribution is 5.78. The molecule has 3 aromatic rings. The molecule has 146 valence electrons. The quantitative estimate of drug-likeness (QED) is 0.707. The number of hydrogen-bond acceptors (Lipinski definition) is 3. The molecule has 1 unspecified atom stereocenters. The van der Waals surface area contributed by atoms with Gasteiger partial charge in [-0.15, -0.1) is 0 Å². The number of ether oxygens (including phenoxy) is 1. The molecule has 0 aliphatic carbocycles. The first-order valence-electron chi connectivity index (χ1n) is 9.08. The van der Waals surface area contributed by atoms with Crippen LogP contribution >= 0.6 is 0 Å². The van der Waals surface area contributed by atoms with Gasteiger partial charge in [0.25, 0.3) is 5.91 Å². The lowest BCUT2D eigenvalue weighted by molar-refractivity contribution is -0.123. The molecule has 0 spiro atoms. The van der Waals surface area contributed by atoms with Crippen LogP contribution in [0.5, 0.6) is 5.75 Å². The Kier molecular flexibility index (Phi) is 5.78. The van der Waals surface area contributed by atoms with Crippen molar-refractivity contribution in [3.63, 3.8) is 0 Å². The topological polar surface area (TPSA) is 56.1 Å². The van der Waals surface area contributed by atoms with Crippen LogP contribution in [-0.2, 0) is 11.8 Å². The Labute approximate surface area is 164 Å². The maximum Gasteiger partial charge on any atom is 0.258 e. The highest BCUT2D eigenvalue weighted by atomic mass is 19.1. The van der Waals surface area contributed by atoms with Crippen LogP contribution in [0.4, 0.5) is 4.39 Å². The van der Waals surface area contributed by atoms with Crippen LogP contribution < -0.4 is 10.1 Å². The number of aryl methyl sites for hydroxylation is 4. The number of carbonyl (C=O) groups excluding carboxylic acids is 1. The number of imidazole rings is 1. The highest BCUT2D eigenvalue weighted by Crippen LogP contribution is 2.25. The van der Waals surface area contributed by atoms with E-state index in [1.165, 1.54) is 12.1 Å². The molecule has 1 atom stereocenters. The molecule has 1 amide bonds. The van der Waals surface area contributed by atoms with Crippen molar-refractivity contribution in [2.45, 2.75) is 26.8 Å². The first-order valence-corrected chi connectivity index (χ1v) is 9.08. The van der Waals surface area contributed by atoms with Crippen LogP contribution in [0.25, 0.3) is 0 Å². The maximum atomic E-state index is 13.7. The van der Waals surface area contributed by atoms with Gasteiger partial charge >= 0.3 is 0 Å². The van der Waals surface area contributed by atoms with Gasteiger partial charge in [-0.05, 0) is 49.6 Å². The van der Waals surface area contributed by atoms with Gasteiger partial charge in [0.2, 0.25) is 0 Å². The molecular weight excluding hydrogens is 357 g/mol. The number of amides is 1. The standard InChI is InChI=1S/C22H24FN3O2/c1-14-10-15(2)21(16(3)11-14)28-13-19(27)25-20(22-24-8-9-26(22)4)17-6-5-7-18(23)12-17/h5-12,20H,13H2,1-4H3,(H,25,27). The summed E-state index contributed by atoms with van der Waals surface area (Å²) in [6.45, 7) is 5.79. The Morgan fingerprint density at radius 2 is 1.93 bits per heavy atom. The van der Waals surface area contributed by atoms with E-state index in [1.807, 2.05) is 40.0 Å². The molecule has 0 bridgehead atoms. The van der Waals surface area contributed by atoms with E-state index in [0.717, 1.165) is 16.7 Å². The summed E-state index contributed by atoms with van der Waals surface area (Å²) in [5.74, 6) is 0.645. The van der Waals surface area contributed by atoms with Gasteiger partial charge in [-0.3, -0.25) is 4.79 Å². The number of nitrogens with zero attached hydrogens (tertiary/aromatic N) is 2.